The zero-order chi connectivity index (χ0) is 15.3. The molecule has 0 radical (unpaired) electrons. The highest BCUT2D eigenvalue weighted by atomic mass is 16.3. The van der Waals surface area contributed by atoms with Gasteiger partial charge in [0.05, 0.1) is 5.56 Å². The molecule has 1 N–H and O–H groups in total. The van der Waals surface area contributed by atoms with E-state index in [1.54, 1.807) is 0 Å². The van der Waals surface area contributed by atoms with Crippen LogP contribution in [0, 0.1) is 29.1 Å². The largest absolute Gasteiger partial charge is 0.507 e. The molecule has 0 aliphatic heterocycles. The third-order valence-corrected chi connectivity index (χ3v) is 6.88. The molecule has 0 spiro atoms. The van der Waals surface area contributed by atoms with E-state index in [9.17, 15) is 5.11 Å². The molecule has 0 unspecified atom stereocenters. The van der Waals surface area contributed by atoms with E-state index in [0.29, 0.717) is 17.1 Å². The highest BCUT2D eigenvalue weighted by Gasteiger charge is 2.50. The summed E-state index contributed by atoms with van der Waals surface area (Å²) in [6, 6.07) is 4.20. The van der Waals surface area contributed by atoms with Crippen LogP contribution in [0.3, 0.4) is 0 Å². The number of phenolic OH excluding ortho intramolecular Hbond substituents is 1. The number of benzene rings is 1. The van der Waals surface area contributed by atoms with Gasteiger partial charge in [-0.2, -0.15) is 0 Å². The van der Waals surface area contributed by atoms with Crippen molar-refractivity contribution in [3.63, 3.8) is 0 Å². The number of hydrogen-bond acceptors (Lipinski definition) is 1. The predicted octanol–water partition coefficient (Wildman–Crippen LogP) is 5.01. The van der Waals surface area contributed by atoms with Gasteiger partial charge in [-0.25, -0.2) is 0 Å². The molecule has 1 nitrogen and oxygen atoms in total. The Balaban J connectivity index is 1.75. The fourth-order valence-corrected chi connectivity index (χ4v) is 5.84. The number of hydrogen-bond donors (Lipinski definition) is 1. The molecule has 1 aromatic rings. The van der Waals surface area contributed by atoms with E-state index in [-0.39, 0.29) is 0 Å². The van der Waals surface area contributed by atoms with Crippen LogP contribution in [0.2, 0.25) is 0 Å². The van der Waals surface area contributed by atoms with Crippen LogP contribution < -0.4 is 0 Å². The quantitative estimate of drug-likeness (QED) is 0.667. The van der Waals surface area contributed by atoms with Crippen molar-refractivity contribution in [2.45, 2.75) is 64.7 Å². The van der Waals surface area contributed by atoms with Gasteiger partial charge in [-0.05, 0) is 91.9 Å². The summed E-state index contributed by atoms with van der Waals surface area (Å²) in [6.45, 7) is 4.38. The molecule has 22 heavy (non-hydrogen) atoms. The molecule has 116 valence electrons. The molecular weight excluding hydrogens is 268 g/mol. The Morgan fingerprint density at radius 2 is 2.05 bits per heavy atom. The normalized spacial score (nSPS) is 35.8. The maximum absolute atomic E-state index is 10.2. The van der Waals surface area contributed by atoms with Crippen molar-refractivity contribution in [2.75, 3.05) is 0 Å². The van der Waals surface area contributed by atoms with E-state index >= 15 is 0 Å². The average molecular weight is 294 g/mol. The molecule has 0 amide bonds. The van der Waals surface area contributed by atoms with E-state index in [0.717, 1.165) is 23.8 Å². The van der Waals surface area contributed by atoms with E-state index in [1.807, 2.05) is 13.0 Å². The molecule has 1 heteroatoms. The minimum Gasteiger partial charge on any atom is -0.507 e. The molecule has 4 atom stereocenters. The van der Waals surface area contributed by atoms with E-state index in [2.05, 4.69) is 24.8 Å². The summed E-state index contributed by atoms with van der Waals surface area (Å²) in [5.74, 6) is 8.87. The van der Waals surface area contributed by atoms with Gasteiger partial charge in [-0.3, -0.25) is 0 Å². The monoisotopic (exact) mass is 294 g/mol. The Morgan fingerprint density at radius 3 is 2.86 bits per heavy atom. The van der Waals surface area contributed by atoms with Crippen LogP contribution in [0.15, 0.2) is 12.1 Å². The Kier molecular flexibility index (Phi) is 3.26. The van der Waals surface area contributed by atoms with Gasteiger partial charge in [0, 0.05) is 0 Å². The Morgan fingerprint density at radius 1 is 1.18 bits per heavy atom. The van der Waals surface area contributed by atoms with Gasteiger partial charge in [0.1, 0.15) is 5.75 Å². The molecule has 1 aromatic carbocycles. The lowest BCUT2D eigenvalue weighted by atomic mass is 9.56. The maximum atomic E-state index is 10.2. The summed E-state index contributed by atoms with van der Waals surface area (Å²) >= 11 is 0. The molecule has 0 heterocycles. The predicted molar refractivity (Wildman–Crippen MR) is 89.9 cm³/mol. The summed E-state index contributed by atoms with van der Waals surface area (Å²) < 4.78 is 0. The van der Waals surface area contributed by atoms with Crippen molar-refractivity contribution in [3.8, 4) is 17.6 Å². The van der Waals surface area contributed by atoms with Crippen LogP contribution in [-0.2, 0) is 6.42 Å². The second-order valence-electron chi connectivity index (χ2n) is 7.94. The molecule has 0 aromatic heterocycles. The van der Waals surface area contributed by atoms with Gasteiger partial charge in [-0.15, -0.1) is 5.92 Å². The molecule has 3 aliphatic rings. The molecule has 0 bridgehead atoms. The Labute approximate surface area is 134 Å². The summed E-state index contributed by atoms with van der Waals surface area (Å²) in [6.07, 6.45) is 9.47. The van der Waals surface area contributed by atoms with Gasteiger partial charge in [-0.1, -0.05) is 19.3 Å². The number of aromatic hydroxyl groups is 1. The second kappa shape index (κ2) is 5.05. The SMILES string of the molecule is CC#Cc1cc2c(cc1O)CC[C@@H]1[C@@H]2CC[C@]2(C)CCC[C@@H]12. The third kappa shape index (κ3) is 2.00. The van der Waals surface area contributed by atoms with Gasteiger partial charge < -0.3 is 5.11 Å². The minimum atomic E-state index is 0.369. The molecule has 4 rings (SSSR count). The van der Waals surface area contributed by atoms with Crippen LogP contribution in [0.5, 0.6) is 5.75 Å². The molecule has 0 saturated heterocycles. The van der Waals surface area contributed by atoms with Crippen molar-refractivity contribution in [1.29, 1.82) is 0 Å². The fraction of sp³-hybridized carbons (Fsp3) is 0.619. The zero-order valence-electron chi connectivity index (χ0n) is 13.8. The standard InChI is InChI=1S/C21H26O/c1-3-5-15-12-18-14(13-20(15)22)7-8-17-16(18)9-11-21(2)10-4-6-19(17)21/h12-13,16-17,19,22H,4,6-11H2,1-2H3/t16-,17+,19-,21-/m0/s1. The van der Waals surface area contributed by atoms with Crippen molar-refractivity contribution in [2.24, 2.45) is 17.3 Å². The highest BCUT2D eigenvalue weighted by molar-refractivity contribution is 5.52. The first-order chi connectivity index (χ1) is 10.6. The topological polar surface area (TPSA) is 20.2 Å². The Bertz CT molecular complexity index is 662. The van der Waals surface area contributed by atoms with Crippen molar-refractivity contribution < 1.29 is 5.11 Å². The Hall–Kier alpha value is -1.42. The number of rotatable bonds is 0. The van der Waals surface area contributed by atoms with Crippen molar-refractivity contribution in [3.05, 3.63) is 28.8 Å². The fourth-order valence-electron chi connectivity index (χ4n) is 5.84. The molecule has 3 aliphatic carbocycles. The van der Waals surface area contributed by atoms with Crippen LogP contribution >= 0.6 is 0 Å². The zero-order valence-corrected chi connectivity index (χ0v) is 13.8. The molecular formula is C21H26O. The summed E-state index contributed by atoms with van der Waals surface area (Å²) in [4.78, 5) is 0. The molecule has 2 saturated carbocycles. The van der Waals surface area contributed by atoms with E-state index < -0.39 is 0 Å². The number of fused-ring (bicyclic) bond motifs is 5. The van der Waals surface area contributed by atoms with Gasteiger partial charge in [0.15, 0.2) is 0 Å². The van der Waals surface area contributed by atoms with E-state index in [1.165, 1.54) is 49.7 Å². The second-order valence-corrected chi connectivity index (χ2v) is 7.94. The van der Waals surface area contributed by atoms with Crippen molar-refractivity contribution >= 4 is 0 Å². The van der Waals surface area contributed by atoms with Gasteiger partial charge in [0.2, 0.25) is 0 Å². The first-order valence-electron chi connectivity index (χ1n) is 8.91. The number of phenols is 1. The van der Waals surface area contributed by atoms with E-state index in [4.69, 9.17) is 0 Å². The summed E-state index contributed by atoms with van der Waals surface area (Å²) in [5.41, 5.74) is 4.31. The van der Waals surface area contributed by atoms with Crippen LogP contribution in [0.4, 0.5) is 0 Å². The van der Waals surface area contributed by atoms with Crippen molar-refractivity contribution in [1.82, 2.24) is 0 Å². The van der Waals surface area contributed by atoms with Crippen LogP contribution in [0.1, 0.15) is 75.0 Å². The maximum Gasteiger partial charge on any atom is 0.131 e. The minimum absolute atomic E-state index is 0.369. The lowest BCUT2D eigenvalue weighted by Crippen LogP contribution is -2.39. The smallest absolute Gasteiger partial charge is 0.131 e. The lowest BCUT2D eigenvalue weighted by Gasteiger charge is -2.49. The van der Waals surface area contributed by atoms with Crippen LogP contribution in [0.25, 0.3) is 0 Å². The van der Waals surface area contributed by atoms with Crippen LogP contribution in [-0.4, -0.2) is 5.11 Å². The average Bonchev–Trinajstić information content (AvgIpc) is 2.90. The van der Waals surface area contributed by atoms with Gasteiger partial charge in [0.25, 0.3) is 0 Å². The van der Waals surface area contributed by atoms with Gasteiger partial charge >= 0.3 is 0 Å². The first kappa shape index (κ1) is 14.2. The lowest BCUT2D eigenvalue weighted by molar-refractivity contribution is 0.0598. The first-order valence-corrected chi connectivity index (χ1v) is 8.91. The summed E-state index contributed by atoms with van der Waals surface area (Å²) in [5, 5.41) is 10.2. The third-order valence-electron chi connectivity index (χ3n) is 6.88. The molecule has 2 fully saturated rings. The highest BCUT2D eigenvalue weighted by Crippen LogP contribution is 2.61. The summed E-state index contributed by atoms with van der Waals surface area (Å²) in [7, 11) is 0. The number of aryl methyl sites for hydroxylation is 1.